The quantitative estimate of drug-likeness (QED) is 0.665. The Morgan fingerprint density at radius 1 is 1.07 bits per heavy atom. The third-order valence-electron chi connectivity index (χ3n) is 4.44. The molecule has 1 aromatic heterocycles. The van der Waals surface area contributed by atoms with Gasteiger partial charge in [0, 0.05) is 6.61 Å². The largest absolute Gasteiger partial charge is 0.487 e. The van der Waals surface area contributed by atoms with Gasteiger partial charge in [0.2, 0.25) is 0 Å². The fraction of sp³-hybridized carbons (Fsp3) is 0.273. The Bertz CT molecular complexity index is 909. The van der Waals surface area contributed by atoms with Crippen LogP contribution in [0.15, 0.2) is 54.6 Å². The van der Waals surface area contributed by atoms with Crippen molar-refractivity contribution >= 4 is 0 Å². The molecule has 5 heteroatoms. The Balaban J connectivity index is 1.74. The molecule has 2 aromatic carbocycles. The molecule has 0 atom stereocenters. The van der Waals surface area contributed by atoms with Gasteiger partial charge in [-0.2, -0.15) is 10.4 Å². The minimum Gasteiger partial charge on any atom is -0.487 e. The van der Waals surface area contributed by atoms with Crippen LogP contribution in [0.25, 0.3) is 0 Å². The molecule has 0 saturated heterocycles. The van der Waals surface area contributed by atoms with Crippen LogP contribution in [0.4, 0.5) is 0 Å². The first-order valence-electron chi connectivity index (χ1n) is 9.04. The summed E-state index contributed by atoms with van der Waals surface area (Å²) < 4.78 is 7.77. The van der Waals surface area contributed by atoms with E-state index in [2.05, 4.69) is 11.2 Å². The Hall–Kier alpha value is -3.10. The second-order valence-electron chi connectivity index (χ2n) is 6.42. The molecule has 0 aliphatic rings. The number of aryl methyl sites for hydroxylation is 2. The van der Waals surface area contributed by atoms with Crippen molar-refractivity contribution in [3.63, 3.8) is 0 Å². The number of rotatable bonds is 8. The second-order valence-corrected chi connectivity index (χ2v) is 6.42. The van der Waals surface area contributed by atoms with Gasteiger partial charge in [0.1, 0.15) is 18.4 Å². The van der Waals surface area contributed by atoms with Crippen molar-refractivity contribution in [1.82, 2.24) is 9.78 Å². The van der Waals surface area contributed by atoms with E-state index in [4.69, 9.17) is 9.84 Å². The average molecular weight is 361 g/mol. The SMILES string of the molecule is Cc1nn(Cc2ccccc2)c(COc2ccc(CCCO)cc2)c1C#N. The van der Waals surface area contributed by atoms with Crippen molar-refractivity contribution in [2.24, 2.45) is 0 Å². The van der Waals surface area contributed by atoms with Crippen LogP contribution in [0.5, 0.6) is 5.75 Å². The first-order chi connectivity index (χ1) is 13.2. The van der Waals surface area contributed by atoms with Crippen LogP contribution in [-0.4, -0.2) is 21.5 Å². The van der Waals surface area contributed by atoms with Crippen molar-refractivity contribution in [3.8, 4) is 11.8 Å². The van der Waals surface area contributed by atoms with Gasteiger partial charge in [-0.3, -0.25) is 4.68 Å². The average Bonchev–Trinajstić information content (AvgIpc) is 3.00. The molecule has 0 unspecified atom stereocenters. The number of aliphatic hydroxyl groups is 1. The van der Waals surface area contributed by atoms with E-state index in [0.29, 0.717) is 17.8 Å². The number of benzene rings is 2. The van der Waals surface area contributed by atoms with Gasteiger partial charge < -0.3 is 9.84 Å². The van der Waals surface area contributed by atoms with Crippen molar-refractivity contribution in [3.05, 3.63) is 82.7 Å². The van der Waals surface area contributed by atoms with Gasteiger partial charge in [0.05, 0.1) is 23.5 Å². The van der Waals surface area contributed by atoms with E-state index in [-0.39, 0.29) is 13.2 Å². The molecule has 1 heterocycles. The third kappa shape index (κ3) is 4.75. The minimum atomic E-state index is 0.194. The zero-order valence-corrected chi connectivity index (χ0v) is 15.4. The number of hydrogen-bond donors (Lipinski definition) is 1. The number of nitriles is 1. The van der Waals surface area contributed by atoms with Crippen LogP contribution < -0.4 is 4.74 Å². The molecule has 5 nitrogen and oxygen atoms in total. The Morgan fingerprint density at radius 3 is 2.48 bits per heavy atom. The summed E-state index contributed by atoms with van der Waals surface area (Å²) in [6, 6.07) is 20.1. The van der Waals surface area contributed by atoms with Gasteiger partial charge in [-0.25, -0.2) is 0 Å². The molecule has 0 spiro atoms. The highest BCUT2D eigenvalue weighted by molar-refractivity contribution is 5.38. The lowest BCUT2D eigenvalue weighted by molar-refractivity contribution is 0.288. The van der Waals surface area contributed by atoms with Crippen LogP contribution in [0, 0.1) is 18.3 Å². The van der Waals surface area contributed by atoms with E-state index in [1.807, 2.05) is 66.2 Å². The maximum Gasteiger partial charge on any atom is 0.131 e. The van der Waals surface area contributed by atoms with Crippen LogP contribution in [0.2, 0.25) is 0 Å². The minimum absolute atomic E-state index is 0.194. The van der Waals surface area contributed by atoms with Gasteiger partial charge in [-0.1, -0.05) is 42.5 Å². The van der Waals surface area contributed by atoms with Gasteiger partial charge in [-0.05, 0) is 43.0 Å². The highest BCUT2D eigenvalue weighted by Gasteiger charge is 2.16. The van der Waals surface area contributed by atoms with E-state index in [9.17, 15) is 5.26 Å². The molecule has 0 radical (unpaired) electrons. The number of aliphatic hydroxyl groups excluding tert-OH is 1. The lowest BCUT2D eigenvalue weighted by atomic mass is 10.1. The molecule has 0 aliphatic heterocycles. The van der Waals surface area contributed by atoms with Gasteiger partial charge >= 0.3 is 0 Å². The smallest absolute Gasteiger partial charge is 0.131 e. The monoisotopic (exact) mass is 361 g/mol. The fourth-order valence-electron chi connectivity index (χ4n) is 3.00. The molecular weight excluding hydrogens is 338 g/mol. The molecule has 0 fully saturated rings. The van der Waals surface area contributed by atoms with Crippen LogP contribution in [0.3, 0.4) is 0 Å². The van der Waals surface area contributed by atoms with Gasteiger partial charge in [0.15, 0.2) is 0 Å². The molecule has 1 N–H and O–H groups in total. The summed E-state index contributed by atoms with van der Waals surface area (Å²) >= 11 is 0. The topological polar surface area (TPSA) is 71.1 Å². The standard InChI is InChI=1S/C22H23N3O2/c1-17-21(14-23)22(25(24-17)15-19-6-3-2-4-7-19)16-27-20-11-9-18(10-12-20)8-5-13-26/h2-4,6-7,9-12,26H,5,8,13,15-16H2,1H3. The van der Waals surface area contributed by atoms with Crippen LogP contribution in [0.1, 0.15) is 34.5 Å². The number of ether oxygens (including phenoxy) is 1. The maximum absolute atomic E-state index is 9.52. The molecule has 0 aliphatic carbocycles. The summed E-state index contributed by atoms with van der Waals surface area (Å²) in [5, 5.41) is 23.0. The summed E-state index contributed by atoms with van der Waals surface area (Å²) in [6.07, 6.45) is 1.60. The predicted molar refractivity (Wildman–Crippen MR) is 103 cm³/mol. The lowest BCUT2D eigenvalue weighted by Crippen LogP contribution is -2.10. The molecule has 0 bridgehead atoms. The van der Waals surface area contributed by atoms with Crippen molar-refractivity contribution in [1.29, 1.82) is 5.26 Å². The Kier molecular flexibility index (Phi) is 6.24. The van der Waals surface area contributed by atoms with Crippen LogP contribution >= 0.6 is 0 Å². The number of hydrogen-bond acceptors (Lipinski definition) is 4. The molecule has 3 rings (SSSR count). The van der Waals surface area contributed by atoms with Crippen molar-refractivity contribution in [2.75, 3.05) is 6.61 Å². The molecule has 27 heavy (non-hydrogen) atoms. The summed E-state index contributed by atoms with van der Waals surface area (Å²) in [4.78, 5) is 0. The summed E-state index contributed by atoms with van der Waals surface area (Å²) in [7, 11) is 0. The van der Waals surface area contributed by atoms with Crippen molar-refractivity contribution in [2.45, 2.75) is 32.9 Å². The fourth-order valence-corrected chi connectivity index (χ4v) is 3.00. The van der Waals surface area contributed by atoms with E-state index in [0.717, 1.165) is 29.8 Å². The van der Waals surface area contributed by atoms with Crippen molar-refractivity contribution < 1.29 is 9.84 Å². The summed E-state index contributed by atoms with van der Waals surface area (Å²) in [6.45, 7) is 2.92. The van der Waals surface area contributed by atoms with E-state index >= 15 is 0 Å². The molecule has 0 amide bonds. The predicted octanol–water partition coefficient (Wildman–Crippen LogP) is 3.62. The maximum atomic E-state index is 9.52. The summed E-state index contributed by atoms with van der Waals surface area (Å²) in [5.41, 5.74) is 4.36. The molecule has 3 aromatic rings. The first kappa shape index (κ1) is 18.7. The number of nitrogens with zero attached hydrogens (tertiary/aromatic N) is 3. The summed E-state index contributed by atoms with van der Waals surface area (Å²) in [5.74, 6) is 0.747. The van der Waals surface area contributed by atoms with Gasteiger partial charge in [-0.15, -0.1) is 0 Å². The normalized spacial score (nSPS) is 10.6. The lowest BCUT2D eigenvalue weighted by Gasteiger charge is -2.10. The third-order valence-corrected chi connectivity index (χ3v) is 4.44. The molecule has 138 valence electrons. The molecular formula is C22H23N3O2. The Labute approximate surface area is 159 Å². The van der Waals surface area contributed by atoms with Gasteiger partial charge in [0.25, 0.3) is 0 Å². The van der Waals surface area contributed by atoms with E-state index in [1.54, 1.807) is 0 Å². The number of aromatic nitrogens is 2. The van der Waals surface area contributed by atoms with E-state index in [1.165, 1.54) is 5.56 Å². The highest BCUT2D eigenvalue weighted by Crippen LogP contribution is 2.19. The first-order valence-corrected chi connectivity index (χ1v) is 9.04. The van der Waals surface area contributed by atoms with E-state index < -0.39 is 0 Å². The molecule has 0 saturated carbocycles. The highest BCUT2D eigenvalue weighted by atomic mass is 16.5. The zero-order valence-electron chi connectivity index (χ0n) is 15.4. The van der Waals surface area contributed by atoms with Crippen LogP contribution in [-0.2, 0) is 19.6 Å². The zero-order chi connectivity index (χ0) is 19.1. The Morgan fingerprint density at radius 2 is 1.81 bits per heavy atom. The second kappa shape index (κ2) is 9.02.